The average molecular weight is 602 g/mol. The number of unbranched alkanes of at least 4 members (excludes halogenated alkanes) is 1. The Bertz CT molecular complexity index is 1660. The average Bonchev–Trinajstić information content (AvgIpc) is 3.02. The van der Waals surface area contributed by atoms with Crippen molar-refractivity contribution in [3.63, 3.8) is 0 Å². The summed E-state index contributed by atoms with van der Waals surface area (Å²) in [6.07, 6.45) is 8.09. The fourth-order valence-corrected chi connectivity index (χ4v) is 5.62. The third kappa shape index (κ3) is 7.51. The lowest BCUT2D eigenvalue weighted by atomic mass is 9.88. The van der Waals surface area contributed by atoms with Gasteiger partial charge in [-0.05, 0) is 68.4 Å². The number of fused-ring (bicyclic) bond motifs is 1. The molecule has 6 nitrogen and oxygen atoms in total. The van der Waals surface area contributed by atoms with E-state index in [4.69, 9.17) is 15.1 Å². The minimum atomic E-state index is -4.42. The monoisotopic (exact) mass is 601 g/mol. The van der Waals surface area contributed by atoms with Gasteiger partial charge in [0.1, 0.15) is 0 Å². The number of amides is 1. The number of carboxylic acids is 1. The zero-order valence-electron chi connectivity index (χ0n) is 24.3. The first-order valence-corrected chi connectivity index (χ1v) is 14.8. The van der Waals surface area contributed by atoms with Crippen LogP contribution >= 0.6 is 0 Å². The van der Waals surface area contributed by atoms with Crippen LogP contribution in [0.25, 0.3) is 11.0 Å². The van der Waals surface area contributed by atoms with Crippen molar-refractivity contribution in [2.75, 3.05) is 0 Å². The number of carbonyl (C=O) groups is 2. The zero-order chi connectivity index (χ0) is 31.3. The first kappa shape index (κ1) is 30.9. The summed E-state index contributed by atoms with van der Waals surface area (Å²) in [7, 11) is 0. The molecule has 0 fully saturated rings. The summed E-state index contributed by atoms with van der Waals surface area (Å²) >= 11 is 0. The molecule has 2 aliphatic carbocycles. The molecule has 1 aromatic heterocycles. The molecule has 2 N–H and O–H groups in total. The number of nitrogens with one attached hydrogen (secondary N) is 1. The Morgan fingerprint density at radius 3 is 2.50 bits per heavy atom. The largest absolute Gasteiger partial charge is 0.481 e. The number of aromatic nitrogens is 2. The maximum Gasteiger partial charge on any atom is 0.416 e. The summed E-state index contributed by atoms with van der Waals surface area (Å²) in [4.78, 5) is 33.9. The zero-order valence-corrected chi connectivity index (χ0v) is 24.3. The molecular weight excluding hydrogens is 567 g/mol. The van der Waals surface area contributed by atoms with Gasteiger partial charge in [0.25, 0.3) is 5.91 Å². The molecule has 2 aromatic carbocycles. The van der Waals surface area contributed by atoms with Crippen molar-refractivity contribution >= 4 is 22.9 Å². The first-order chi connectivity index (χ1) is 21.1. The van der Waals surface area contributed by atoms with E-state index in [0.29, 0.717) is 47.2 Å². The van der Waals surface area contributed by atoms with Crippen LogP contribution in [0, 0.1) is 0 Å². The number of carbonyl (C=O) groups excluding carboxylic acids is 1. The SMILES string of the molecule is C[C@H](NC(=O)c1ccc2nc(C3C=CC(C(F)(F)F)=CC3)c(CCCCC(=O)O)nc2c1)C1=CC(c2ccccc2)CC=C1. The predicted octanol–water partition coefficient (Wildman–Crippen LogP) is 7.75. The van der Waals surface area contributed by atoms with Crippen molar-refractivity contribution in [2.24, 2.45) is 0 Å². The van der Waals surface area contributed by atoms with Gasteiger partial charge in [0.05, 0.1) is 34.0 Å². The standard InChI is InChI=1S/C35H34F3N3O3/c1-22(25-10-7-11-26(20-25)23-8-3-2-4-9-23)39-34(44)27-16-19-29-31(21-27)40-30(12-5-6-13-32(42)43)33(41-29)24-14-17-28(18-15-24)35(36,37)38/h2-4,7-10,14,16-22,24,26H,5-6,11-13,15H2,1H3,(H,39,44)(H,42,43)/t22-,24?,26?/m0/s1. The third-order valence-corrected chi connectivity index (χ3v) is 8.03. The molecule has 0 saturated carbocycles. The maximum absolute atomic E-state index is 13.3. The quantitative estimate of drug-likeness (QED) is 0.232. The van der Waals surface area contributed by atoms with Crippen LogP contribution in [0.3, 0.4) is 0 Å². The van der Waals surface area contributed by atoms with Gasteiger partial charge in [-0.3, -0.25) is 9.59 Å². The van der Waals surface area contributed by atoms with E-state index in [2.05, 4.69) is 29.6 Å². The van der Waals surface area contributed by atoms with Gasteiger partial charge in [-0.1, -0.05) is 66.8 Å². The molecule has 1 heterocycles. The first-order valence-electron chi connectivity index (χ1n) is 14.8. The molecule has 2 unspecified atom stereocenters. The topological polar surface area (TPSA) is 92.2 Å². The fourth-order valence-electron chi connectivity index (χ4n) is 5.62. The molecule has 0 spiro atoms. The Labute approximate surface area is 254 Å². The number of alkyl halides is 3. The molecule has 5 rings (SSSR count). The lowest BCUT2D eigenvalue weighted by Crippen LogP contribution is -2.34. The molecule has 1 amide bonds. The summed E-state index contributed by atoms with van der Waals surface area (Å²) in [5.74, 6) is -1.31. The lowest BCUT2D eigenvalue weighted by molar-refractivity contribution is -0.137. The van der Waals surface area contributed by atoms with E-state index < -0.39 is 23.6 Å². The summed E-state index contributed by atoms with van der Waals surface area (Å²) in [5.41, 5.74) is 4.16. The third-order valence-electron chi connectivity index (χ3n) is 8.03. The fraction of sp³-hybridized carbons (Fsp3) is 0.314. The van der Waals surface area contributed by atoms with Gasteiger partial charge in [-0.15, -0.1) is 0 Å². The molecule has 0 aliphatic heterocycles. The molecule has 0 radical (unpaired) electrons. The number of benzene rings is 2. The van der Waals surface area contributed by atoms with E-state index in [1.165, 1.54) is 17.7 Å². The Morgan fingerprint density at radius 2 is 1.80 bits per heavy atom. The summed E-state index contributed by atoms with van der Waals surface area (Å²) in [6, 6.07) is 15.0. The Morgan fingerprint density at radius 1 is 1.00 bits per heavy atom. The highest BCUT2D eigenvalue weighted by Crippen LogP contribution is 2.35. The van der Waals surface area contributed by atoms with E-state index in [1.807, 2.05) is 31.2 Å². The number of nitrogens with zero attached hydrogens (tertiary/aromatic N) is 2. The summed E-state index contributed by atoms with van der Waals surface area (Å²) in [5, 5.41) is 12.1. The Hall–Kier alpha value is -4.53. The molecule has 2 aliphatic rings. The van der Waals surface area contributed by atoms with E-state index in [0.717, 1.165) is 18.1 Å². The van der Waals surface area contributed by atoms with Gasteiger partial charge in [0.15, 0.2) is 0 Å². The van der Waals surface area contributed by atoms with Gasteiger partial charge in [0.2, 0.25) is 0 Å². The number of carboxylic acid groups (broad SMARTS) is 1. The van der Waals surface area contributed by atoms with Crippen LogP contribution in [0.15, 0.2) is 96.1 Å². The van der Waals surface area contributed by atoms with Crippen molar-refractivity contribution in [2.45, 2.75) is 69.5 Å². The summed E-state index contributed by atoms with van der Waals surface area (Å²) in [6.45, 7) is 1.94. The molecule has 228 valence electrons. The van der Waals surface area contributed by atoms with Gasteiger partial charge in [0, 0.05) is 23.8 Å². The van der Waals surface area contributed by atoms with Crippen molar-refractivity contribution in [3.05, 3.63) is 119 Å². The summed E-state index contributed by atoms with van der Waals surface area (Å²) < 4.78 is 39.5. The number of aryl methyl sites for hydroxylation is 1. The highest BCUT2D eigenvalue weighted by atomic mass is 19.4. The van der Waals surface area contributed by atoms with Crippen molar-refractivity contribution in [1.29, 1.82) is 0 Å². The van der Waals surface area contributed by atoms with Crippen molar-refractivity contribution in [1.82, 2.24) is 15.3 Å². The maximum atomic E-state index is 13.3. The second-order valence-electron chi connectivity index (χ2n) is 11.2. The minimum Gasteiger partial charge on any atom is -0.481 e. The molecule has 3 aromatic rings. The van der Waals surface area contributed by atoms with Crippen LogP contribution in [-0.2, 0) is 11.2 Å². The highest BCUT2D eigenvalue weighted by molar-refractivity contribution is 5.97. The van der Waals surface area contributed by atoms with Gasteiger partial charge in [-0.2, -0.15) is 13.2 Å². The minimum absolute atomic E-state index is 0.0115. The Kier molecular flexibility index (Phi) is 9.42. The molecule has 0 saturated heterocycles. The van der Waals surface area contributed by atoms with Crippen LogP contribution in [0.2, 0.25) is 0 Å². The van der Waals surface area contributed by atoms with E-state index >= 15 is 0 Å². The van der Waals surface area contributed by atoms with Crippen molar-refractivity contribution < 1.29 is 27.9 Å². The number of hydrogen-bond donors (Lipinski definition) is 2. The molecule has 44 heavy (non-hydrogen) atoms. The molecule has 3 atom stereocenters. The second-order valence-corrected chi connectivity index (χ2v) is 11.2. The molecular formula is C35H34F3N3O3. The van der Waals surface area contributed by atoms with Crippen LogP contribution in [0.1, 0.15) is 78.2 Å². The highest BCUT2D eigenvalue weighted by Gasteiger charge is 2.33. The molecule has 9 heteroatoms. The number of hydrogen-bond acceptors (Lipinski definition) is 4. The molecule has 0 bridgehead atoms. The Balaban J connectivity index is 1.36. The van der Waals surface area contributed by atoms with E-state index in [1.54, 1.807) is 18.2 Å². The van der Waals surface area contributed by atoms with E-state index in [9.17, 15) is 22.8 Å². The van der Waals surface area contributed by atoms with Crippen LogP contribution < -0.4 is 5.32 Å². The smallest absolute Gasteiger partial charge is 0.416 e. The number of halogens is 3. The van der Waals surface area contributed by atoms with Crippen LogP contribution in [0.4, 0.5) is 13.2 Å². The number of rotatable bonds is 10. The van der Waals surface area contributed by atoms with Gasteiger partial charge in [-0.25, -0.2) is 9.97 Å². The van der Waals surface area contributed by atoms with Gasteiger partial charge >= 0.3 is 12.1 Å². The van der Waals surface area contributed by atoms with Crippen LogP contribution in [0.5, 0.6) is 0 Å². The lowest BCUT2D eigenvalue weighted by Gasteiger charge is -2.22. The van der Waals surface area contributed by atoms with Crippen LogP contribution in [-0.4, -0.2) is 39.2 Å². The van der Waals surface area contributed by atoms with Crippen molar-refractivity contribution in [3.8, 4) is 0 Å². The van der Waals surface area contributed by atoms with Gasteiger partial charge < -0.3 is 10.4 Å². The van der Waals surface area contributed by atoms with E-state index in [-0.39, 0.29) is 30.7 Å². The second kappa shape index (κ2) is 13.4. The normalized spacial score (nSPS) is 18.9. The number of allylic oxidation sites excluding steroid dienone is 6. The number of aliphatic carboxylic acids is 1. The predicted molar refractivity (Wildman–Crippen MR) is 163 cm³/mol.